The van der Waals surface area contributed by atoms with Crippen molar-refractivity contribution in [1.29, 1.82) is 0 Å². The first-order valence-corrected chi connectivity index (χ1v) is 13.5. The highest BCUT2D eigenvalue weighted by molar-refractivity contribution is 8.00. The molecule has 7 nitrogen and oxygen atoms in total. The van der Waals surface area contributed by atoms with Crippen molar-refractivity contribution in [2.75, 3.05) is 36.2 Å². The van der Waals surface area contributed by atoms with E-state index in [1.807, 2.05) is 45.9 Å². The monoisotopic (exact) mass is 494 g/mol. The van der Waals surface area contributed by atoms with Crippen LogP contribution in [-0.4, -0.2) is 65.7 Å². The van der Waals surface area contributed by atoms with Crippen LogP contribution in [0.3, 0.4) is 0 Å². The van der Waals surface area contributed by atoms with Crippen LogP contribution in [0.4, 0.5) is 5.69 Å². The van der Waals surface area contributed by atoms with Gasteiger partial charge in [-0.1, -0.05) is 55.4 Å². The molecule has 0 radical (unpaired) electrons. The quantitative estimate of drug-likeness (QED) is 0.485. The molecule has 0 aliphatic carbocycles. The number of sulfonamides is 1. The number of benzene rings is 2. The van der Waals surface area contributed by atoms with E-state index in [9.17, 15) is 23.7 Å². The molecule has 1 atom stereocenters. The molecule has 3 rings (SSSR count). The summed E-state index contributed by atoms with van der Waals surface area (Å²) in [6.07, 6.45) is -0.869. The largest absolute Gasteiger partial charge is 0.387 e. The maximum atomic E-state index is 13.6. The van der Waals surface area contributed by atoms with Crippen molar-refractivity contribution in [2.24, 2.45) is 5.92 Å². The first-order chi connectivity index (χ1) is 15.4. The van der Waals surface area contributed by atoms with Gasteiger partial charge in [0.2, 0.25) is 5.12 Å². The van der Waals surface area contributed by atoms with E-state index in [-0.39, 0.29) is 23.9 Å². The molecule has 0 saturated carbocycles. The summed E-state index contributed by atoms with van der Waals surface area (Å²) in [4.78, 5) is 1.95. The van der Waals surface area contributed by atoms with E-state index in [2.05, 4.69) is 0 Å². The zero-order chi connectivity index (χ0) is 24.4. The van der Waals surface area contributed by atoms with Gasteiger partial charge in [0, 0.05) is 25.4 Å². The molecular weight excluding hydrogens is 460 g/mol. The van der Waals surface area contributed by atoms with Crippen LogP contribution >= 0.6 is 11.8 Å². The number of aliphatic hydroxyl groups excluding tert-OH is 1. The zero-order valence-electron chi connectivity index (χ0n) is 19.6. The van der Waals surface area contributed by atoms with Crippen LogP contribution in [-0.2, 0) is 10.0 Å². The van der Waals surface area contributed by atoms with Crippen molar-refractivity contribution in [3.8, 4) is 0 Å². The molecule has 33 heavy (non-hydrogen) atoms. The Morgan fingerprint density at radius 3 is 2.36 bits per heavy atom. The standard InChI is InChI=1S/C24H34N2O5S2/c1-17(2)14-26(22-10-5-18(3)13-19(22)4)33(30,31)21-8-6-20(7-9-21)23(27)15-25-11-12-32-24(28,29)16-25/h5-10,13,17,23,27-29H,11-12,14-16H2,1-4H3. The fourth-order valence-electron chi connectivity index (χ4n) is 3.99. The molecule has 1 saturated heterocycles. The third-order valence-electron chi connectivity index (χ3n) is 5.61. The van der Waals surface area contributed by atoms with E-state index in [1.54, 1.807) is 17.0 Å². The van der Waals surface area contributed by atoms with Gasteiger partial charge < -0.3 is 15.3 Å². The number of hydrogen-bond donors (Lipinski definition) is 3. The number of aliphatic hydroxyl groups is 3. The minimum atomic E-state index is -3.80. The van der Waals surface area contributed by atoms with E-state index in [1.165, 1.54) is 16.4 Å². The van der Waals surface area contributed by atoms with Crippen molar-refractivity contribution in [2.45, 2.75) is 43.8 Å². The molecule has 9 heteroatoms. The van der Waals surface area contributed by atoms with Crippen molar-refractivity contribution in [3.63, 3.8) is 0 Å². The van der Waals surface area contributed by atoms with E-state index in [4.69, 9.17) is 0 Å². The number of nitrogens with zero attached hydrogens (tertiary/aromatic N) is 2. The Hall–Kier alpha value is -1.62. The predicted molar refractivity (Wildman–Crippen MR) is 133 cm³/mol. The highest BCUT2D eigenvalue weighted by Crippen LogP contribution is 2.30. The molecule has 1 fully saturated rings. The summed E-state index contributed by atoms with van der Waals surface area (Å²) in [7, 11) is -3.80. The number of rotatable bonds is 8. The van der Waals surface area contributed by atoms with Gasteiger partial charge in [0.25, 0.3) is 10.0 Å². The smallest absolute Gasteiger partial charge is 0.264 e. The fraction of sp³-hybridized carbons (Fsp3) is 0.500. The Morgan fingerprint density at radius 1 is 1.12 bits per heavy atom. The summed E-state index contributed by atoms with van der Waals surface area (Å²) in [5, 5.41) is 28.5. The Bertz CT molecular complexity index is 1060. The van der Waals surface area contributed by atoms with Crippen LogP contribution < -0.4 is 4.31 Å². The number of aryl methyl sites for hydroxylation is 2. The van der Waals surface area contributed by atoms with Crippen molar-refractivity contribution >= 4 is 27.5 Å². The average Bonchev–Trinajstić information content (AvgIpc) is 2.71. The van der Waals surface area contributed by atoms with Crippen LogP contribution in [0.5, 0.6) is 0 Å². The van der Waals surface area contributed by atoms with Gasteiger partial charge in [-0.2, -0.15) is 0 Å². The van der Waals surface area contributed by atoms with Crippen LogP contribution in [0.1, 0.15) is 36.6 Å². The number of anilines is 1. The van der Waals surface area contributed by atoms with Crippen LogP contribution in [0.2, 0.25) is 0 Å². The first kappa shape index (κ1) is 26.0. The Balaban J connectivity index is 1.82. The molecule has 0 spiro atoms. The third kappa shape index (κ3) is 6.49. The maximum Gasteiger partial charge on any atom is 0.264 e. The molecule has 1 aliphatic heterocycles. The van der Waals surface area contributed by atoms with Crippen molar-refractivity contribution in [1.82, 2.24) is 4.90 Å². The minimum Gasteiger partial charge on any atom is -0.387 e. The highest BCUT2D eigenvalue weighted by Gasteiger charge is 2.32. The summed E-state index contributed by atoms with van der Waals surface area (Å²) in [6, 6.07) is 12.0. The SMILES string of the molecule is Cc1ccc(N(CC(C)C)S(=O)(=O)c2ccc(C(O)CN3CCSC(O)(O)C3)cc2)c(C)c1. The lowest BCUT2D eigenvalue weighted by Crippen LogP contribution is -2.47. The predicted octanol–water partition coefficient (Wildman–Crippen LogP) is 2.88. The summed E-state index contributed by atoms with van der Waals surface area (Å²) >= 11 is 1.07. The highest BCUT2D eigenvalue weighted by atomic mass is 32.2. The van der Waals surface area contributed by atoms with Crippen LogP contribution in [0.25, 0.3) is 0 Å². The lowest BCUT2D eigenvalue weighted by atomic mass is 10.1. The number of hydrogen-bond acceptors (Lipinski definition) is 7. The second-order valence-corrected chi connectivity index (χ2v) is 12.3. The van der Waals surface area contributed by atoms with Crippen LogP contribution in [0, 0.1) is 19.8 Å². The lowest BCUT2D eigenvalue weighted by molar-refractivity contribution is -0.102. The normalized spacial score (nSPS) is 17.8. The van der Waals surface area contributed by atoms with E-state index in [0.717, 1.165) is 22.9 Å². The maximum absolute atomic E-state index is 13.6. The summed E-state index contributed by atoms with van der Waals surface area (Å²) < 4.78 is 28.6. The molecule has 1 unspecified atom stereocenters. The minimum absolute atomic E-state index is 0.0429. The molecule has 3 N–H and O–H groups in total. The second-order valence-electron chi connectivity index (χ2n) is 9.13. The molecule has 2 aromatic carbocycles. The van der Waals surface area contributed by atoms with Gasteiger partial charge in [0.15, 0.2) is 0 Å². The van der Waals surface area contributed by atoms with Crippen LogP contribution in [0.15, 0.2) is 47.4 Å². The first-order valence-electron chi connectivity index (χ1n) is 11.1. The molecule has 182 valence electrons. The molecule has 1 heterocycles. The van der Waals surface area contributed by atoms with Gasteiger partial charge >= 0.3 is 0 Å². The third-order valence-corrected chi connectivity index (χ3v) is 8.38. The molecule has 0 aromatic heterocycles. The summed E-state index contributed by atoms with van der Waals surface area (Å²) in [5.74, 6) is 0.690. The second kappa shape index (κ2) is 10.3. The Kier molecular flexibility index (Phi) is 8.14. The van der Waals surface area contributed by atoms with E-state index >= 15 is 0 Å². The molecule has 2 aromatic rings. The van der Waals surface area contributed by atoms with Crippen molar-refractivity contribution in [3.05, 3.63) is 59.2 Å². The van der Waals surface area contributed by atoms with Gasteiger partial charge in [-0.25, -0.2) is 8.42 Å². The van der Waals surface area contributed by atoms with E-state index < -0.39 is 21.2 Å². The van der Waals surface area contributed by atoms with Gasteiger partial charge in [0.1, 0.15) is 0 Å². The van der Waals surface area contributed by atoms with Gasteiger partial charge in [-0.05, 0) is 49.1 Å². The number of β-amino-alcohol motifs (C(OH)–C–C–N with tert-alkyl or cyclic N) is 3. The van der Waals surface area contributed by atoms with Crippen molar-refractivity contribution < 1.29 is 23.7 Å². The Labute approximate surface area is 201 Å². The lowest BCUT2D eigenvalue weighted by Gasteiger charge is -2.35. The molecule has 0 bridgehead atoms. The van der Waals surface area contributed by atoms with Gasteiger partial charge in [0.05, 0.1) is 23.2 Å². The average molecular weight is 495 g/mol. The Morgan fingerprint density at radius 2 is 1.79 bits per heavy atom. The zero-order valence-corrected chi connectivity index (χ0v) is 21.2. The fourth-order valence-corrected chi connectivity index (χ4v) is 6.63. The van der Waals surface area contributed by atoms with E-state index in [0.29, 0.717) is 30.1 Å². The molecular formula is C24H34N2O5S2. The summed E-state index contributed by atoms with van der Waals surface area (Å²) in [6.45, 7) is 9.13. The molecule has 1 aliphatic rings. The topological polar surface area (TPSA) is 101 Å². The summed E-state index contributed by atoms with van der Waals surface area (Å²) in [5.41, 5.74) is 3.21. The number of thioether (sulfide) groups is 1. The van der Waals surface area contributed by atoms with Gasteiger partial charge in [-0.3, -0.25) is 9.21 Å². The molecule has 0 amide bonds. The van der Waals surface area contributed by atoms with Gasteiger partial charge in [-0.15, -0.1) is 0 Å².